The van der Waals surface area contributed by atoms with Crippen LogP contribution < -0.4 is 10.1 Å². The lowest BCUT2D eigenvalue weighted by molar-refractivity contribution is -0.130. The van der Waals surface area contributed by atoms with Crippen molar-refractivity contribution in [1.82, 2.24) is 10.2 Å². The molecule has 0 radical (unpaired) electrons. The van der Waals surface area contributed by atoms with E-state index in [1.807, 2.05) is 30.1 Å². The summed E-state index contributed by atoms with van der Waals surface area (Å²) in [6.45, 7) is 1.29. The Balaban J connectivity index is 2.07. The minimum Gasteiger partial charge on any atom is -0.496 e. The van der Waals surface area contributed by atoms with E-state index < -0.39 is 0 Å². The maximum atomic E-state index is 12.0. The van der Waals surface area contributed by atoms with Crippen molar-refractivity contribution in [1.29, 1.82) is 0 Å². The molecule has 2 rings (SSSR count). The quantitative estimate of drug-likeness (QED) is 0.873. The third-order valence-electron chi connectivity index (χ3n) is 3.67. The number of likely N-dealkylation sites (N-methyl/N-ethyl adjacent to an activating group) is 1. The van der Waals surface area contributed by atoms with Gasteiger partial charge in [0.2, 0.25) is 5.91 Å². The summed E-state index contributed by atoms with van der Waals surface area (Å²) in [5.41, 5.74) is 1.18. The Morgan fingerprint density at radius 1 is 1.47 bits per heavy atom. The molecular formula is C15H22N2O2. The second kappa shape index (κ2) is 6.57. The van der Waals surface area contributed by atoms with Crippen LogP contribution in [0.15, 0.2) is 24.3 Å². The van der Waals surface area contributed by atoms with Crippen LogP contribution in [0.5, 0.6) is 5.75 Å². The molecule has 4 nitrogen and oxygen atoms in total. The second-order valence-electron chi connectivity index (χ2n) is 4.93. The van der Waals surface area contributed by atoms with Gasteiger partial charge in [0.15, 0.2) is 0 Å². The molecule has 4 heteroatoms. The van der Waals surface area contributed by atoms with Gasteiger partial charge in [0.25, 0.3) is 0 Å². The first-order valence-corrected chi connectivity index (χ1v) is 6.82. The average Bonchev–Trinajstić information content (AvgIpc) is 2.88. The largest absolute Gasteiger partial charge is 0.496 e. The average molecular weight is 262 g/mol. The minimum absolute atomic E-state index is 0.194. The standard InChI is InChI=1S/C15H22N2O2/c1-16-11-15(18)17-9-5-7-13(17)10-12-6-3-4-8-14(12)19-2/h3-4,6,8,13,16H,5,7,9-11H2,1-2H3. The summed E-state index contributed by atoms with van der Waals surface area (Å²) in [6, 6.07) is 8.35. The van der Waals surface area contributed by atoms with Crippen LogP contribution in [0, 0.1) is 0 Å². The SMILES string of the molecule is CNCC(=O)N1CCCC1Cc1ccccc1OC. The van der Waals surface area contributed by atoms with Gasteiger partial charge in [0.1, 0.15) is 5.75 Å². The van der Waals surface area contributed by atoms with Gasteiger partial charge in [-0.3, -0.25) is 4.79 Å². The highest BCUT2D eigenvalue weighted by atomic mass is 16.5. The van der Waals surface area contributed by atoms with Crippen molar-refractivity contribution < 1.29 is 9.53 Å². The molecule has 0 saturated carbocycles. The molecule has 0 aromatic heterocycles. The van der Waals surface area contributed by atoms with Crippen molar-refractivity contribution in [3.05, 3.63) is 29.8 Å². The molecule has 1 aromatic carbocycles. The number of rotatable bonds is 5. The lowest BCUT2D eigenvalue weighted by Gasteiger charge is -2.25. The number of likely N-dealkylation sites (tertiary alicyclic amines) is 1. The first kappa shape index (κ1) is 13.9. The summed E-state index contributed by atoms with van der Waals surface area (Å²) < 4.78 is 5.38. The van der Waals surface area contributed by atoms with Crippen molar-refractivity contribution in [2.24, 2.45) is 0 Å². The molecule has 0 aliphatic carbocycles. The molecule has 1 N–H and O–H groups in total. The van der Waals surface area contributed by atoms with E-state index in [0.29, 0.717) is 12.6 Å². The number of nitrogens with one attached hydrogen (secondary N) is 1. The van der Waals surface area contributed by atoms with Gasteiger partial charge >= 0.3 is 0 Å². The summed E-state index contributed by atoms with van der Waals surface area (Å²) in [4.78, 5) is 14.0. The van der Waals surface area contributed by atoms with E-state index in [1.54, 1.807) is 7.11 Å². The van der Waals surface area contributed by atoms with Gasteiger partial charge in [0.05, 0.1) is 13.7 Å². The van der Waals surface area contributed by atoms with Crippen molar-refractivity contribution >= 4 is 5.91 Å². The molecule has 0 spiro atoms. The highest BCUT2D eigenvalue weighted by Gasteiger charge is 2.28. The third kappa shape index (κ3) is 3.26. The van der Waals surface area contributed by atoms with Crippen LogP contribution in [0.2, 0.25) is 0 Å². The summed E-state index contributed by atoms with van der Waals surface area (Å²) in [5.74, 6) is 1.11. The predicted molar refractivity (Wildman–Crippen MR) is 75.4 cm³/mol. The molecule has 1 saturated heterocycles. The van der Waals surface area contributed by atoms with E-state index in [4.69, 9.17) is 4.74 Å². The molecule has 1 aliphatic rings. The van der Waals surface area contributed by atoms with Crippen LogP contribution in [0.25, 0.3) is 0 Å². The second-order valence-corrected chi connectivity index (χ2v) is 4.93. The number of amides is 1. The van der Waals surface area contributed by atoms with Gasteiger partial charge in [-0.25, -0.2) is 0 Å². The monoisotopic (exact) mass is 262 g/mol. The van der Waals surface area contributed by atoms with E-state index in [0.717, 1.165) is 31.6 Å². The summed E-state index contributed by atoms with van der Waals surface area (Å²) in [5, 5.41) is 2.94. The maximum absolute atomic E-state index is 12.0. The summed E-state index contributed by atoms with van der Waals surface area (Å²) >= 11 is 0. The van der Waals surface area contributed by atoms with Crippen LogP contribution in [-0.2, 0) is 11.2 Å². The molecule has 104 valence electrons. The van der Waals surface area contributed by atoms with Crippen LogP contribution in [0.3, 0.4) is 0 Å². The van der Waals surface area contributed by atoms with E-state index in [9.17, 15) is 4.79 Å². The number of methoxy groups -OCH3 is 1. The normalized spacial score (nSPS) is 18.6. The molecule has 0 bridgehead atoms. The number of nitrogens with zero attached hydrogens (tertiary/aromatic N) is 1. The van der Waals surface area contributed by atoms with Crippen LogP contribution in [0.1, 0.15) is 18.4 Å². The summed E-state index contributed by atoms with van der Waals surface area (Å²) in [7, 11) is 3.50. The van der Waals surface area contributed by atoms with E-state index in [1.165, 1.54) is 5.56 Å². The van der Waals surface area contributed by atoms with Crippen LogP contribution in [0.4, 0.5) is 0 Å². The molecule has 1 aliphatic heterocycles. The van der Waals surface area contributed by atoms with Gasteiger partial charge in [-0.15, -0.1) is 0 Å². The lowest BCUT2D eigenvalue weighted by atomic mass is 10.0. The van der Waals surface area contributed by atoms with E-state index >= 15 is 0 Å². The summed E-state index contributed by atoms with van der Waals surface area (Å²) in [6.07, 6.45) is 3.04. The van der Waals surface area contributed by atoms with Gasteiger partial charge in [-0.1, -0.05) is 18.2 Å². The Bertz CT molecular complexity index is 434. The first-order chi connectivity index (χ1) is 9.26. The van der Waals surface area contributed by atoms with Crippen molar-refractivity contribution in [3.8, 4) is 5.75 Å². The zero-order valence-corrected chi connectivity index (χ0v) is 11.7. The highest BCUT2D eigenvalue weighted by Crippen LogP contribution is 2.25. The number of para-hydroxylation sites is 1. The zero-order chi connectivity index (χ0) is 13.7. The Morgan fingerprint density at radius 3 is 3.00 bits per heavy atom. The molecule has 1 fully saturated rings. The topological polar surface area (TPSA) is 41.6 Å². The molecule has 19 heavy (non-hydrogen) atoms. The van der Waals surface area contributed by atoms with Crippen LogP contribution in [-0.4, -0.2) is 44.1 Å². The number of hydrogen-bond acceptors (Lipinski definition) is 3. The molecule has 1 unspecified atom stereocenters. The van der Waals surface area contributed by atoms with Crippen LogP contribution >= 0.6 is 0 Å². The lowest BCUT2D eigenvalue weighted by Crippen LogP contribution is -2.41. The van der Waals surface area contributed by atoms with Gasteiger partial charge < -0.3 is 15.0 Å². The van der Waals surface area contributed by atoms with Crippen molar-refractivity contribution in [2.45, 2.75) is 25.3 Å². The van der Waals surface area contributed by atoms with E-state index in [-0.39, 0.29) is 5.91 Å². The smallest absolute Gasteiger partial charge is 0.236 e. The fourth-order valence-electron chi connectivity index (χ4n) is 2.75. The van der Waals surface area contributed by atoms with Gasteiger partial charge in [-0.05, 0) is 37.9 Å². The maximum Gasteiger partial charge on any atom is 0.236 e. The highest BCUT2D eigenvalue weighted by molar-refractivity contribution is 5.78. The minimum atomic E-state index is 0.194. The van der Waals surface area contributed by atoms with Crippen molar-refractivity contribution in [2.75, 3.05) is 27.2 Å². The third-order valence-corrected chi connectivity index (χ3v) is 3.67. The van der Waals surface area contributed by atoms with Gasteiger partial charge in [-0.2, -0.15) is 0 Å². The van der Waals surface area contributed by atoms with Crippen molar-refractivity contribution in [3.63, 3.8) is 0 Å². The Labute approximate surface area is 114 Å². The molecule has 1 amide bonds. The first-order valence-electron chi connectivity index (χ1n) is 6.82. The molecule has 1 aromatic rings. The fourth-order valence-corrected chi connectivity index (χ4v) is 2.75. The fraction of sp³-hybridized carbons (Fsp3) is 0.533. The predicted octanol–water partition coefficient (Wildman–Crippen LogP) is 1.45. The van der Waals surface area contributed by atoms with E-state index in [2.05, 4.69) is 11.4 Å². The Morgan fingerprint density at radius 2 is 2.26 bits per heavy atom. The number of ether oxygens (including phenoxy) is 1. The number of benzene rings is 1. The molecule has 1 atom stereocenters. The molecule has 1 heterocycles. The Hall–Kier alpha value is -1.55. The number of carbonyl (C=O) groups is 1. The molecular weight excluding hydrogens is 240 g/mol. The van der Waals surface area contributed by atoms with Gasteiger partial charge in [0, 0.05) is 12.6 Å². The zero-order valence-electron chi connectivity index (χ0n) is 11.7. The number of hydrogen-bond donors (Lipinski definition) is 1. The Kier molecular flexibility index (Phi) is 4.80. The number of carbonyl (C=O) groups excluding carboxylic acids is 1.